The summed E-state index contributed by atoms with van der Waals surface area (Å²) in [5, 5.41) is 5.97. The Balaban J connectivity index is 2.25. The Morgan fingerprint density at radius 3 is 2.87 bits per heavy atom. The van der Waals surface area contributed by atoms with Crippen molar-refractivity contribution in [3.63, 3.8) is 0 Å². The van der Waals surface area contributed by atoms with Gasteiger partial charge in [0, 0.05) is 18.0 Å². The summed E-state index contributed by atoms with van der Waals surface area (Å²) in [5.74, 6) is 0. The molecule has 78 valence electrons. The molecule has 2 N–H and O–H groups in total. The average molecular weight is 222 g/mol. The van der Waals surface area contributed by atoms with Crippen LogP contribution in [0.2, 0.25) is 5.15 Å². The fourth-order valence-corrected chi connectivity index (χ4v) is 2.09. The van der Waals surface area contributed by atoms with E-state index in [9.17, 15) is 0 Å². The van der Waals surface area contributed by atoms with Crippen LogP contribution >= 0.6 is 11.6 Å². The number of benzene rings is 1. The molecule has 3 rings (SSSR count). The van der Waals surface area contributed by atoms with Crippen LogP contribution in [0, 0.1) is 0 Å². The third kappa shape index (κ3) is 1.27. The number of rotatable bonds is 1. The van der Waals surface area contributed by atoms with Gasteiger partial charge in [-0.05, 0) is 30.5 Å². The molecular weight excluding hydrogens is 210 g/mol. The molecule has 0 atom stereocenters. The first-order chi connectivity index (χ1) is 7.10. The highest BCUT2D eigenvalue weighted by Crippen LogP contribution is 2.43. The summed E-state index contributed by atoms with van der Waals surface area (Å²) in [7, 11) is 1.84. The van der Waals surface area contributed by atoms with E-state index in [1.54, 1.807) is 4.68 Å². The molecule has 0 aliphatic heterocycles. The maximum Gasteiger partial charge on any atom is 0.134 e. The van der Waals surface area contributed by atoms with Gasteiger partial charge in [-0.3, -0.25) is 4.68 Å². The van der Waals surface area contributed by atoms with Crippen LogP contribution < -0.4 is 5.73 Å². The van der Waals surface area contributed by atoms with Crippen LogP contribution in [0.3, 0.4) is 0 Å². The molecule has 1 aromatic carbocycles. The van der Waals surface area contributed by atoms with E-state index in [0.29, 0.717) is 5.15 Å². The Morgan fingerprint density at radius 1 is 1.47 bits per heavy atom. The largest absolute Gasteiger partial charge is 0.321 e. The predicted molar refractivity (Wildman–Crippen MR) is 60.8 cm³/mol. The van der Waals surface area contributed by atoms with Crippen molar-refractivity contribution in [2.45, 2.75) is 18.4 Å². The highest BCUT2D eigenvalue weighted by molar-refractivity contribution is 6.34. The van der Waals surface area contributed by atoms with E-state index in [2.05, 4.69) is 17.2 Å². The van der Waals surface area contributed by atoms with Crippen molar-refractivity contribution < 1.29 is 0 Å². The molecule has 0 saturated heterocycles. The first-order valence-corrected chi connectivity index (χ1v) is 5.40. The van der Waals surface area contributed by atoms with Gasteiger partial charge in [-0.2, -0.15) is 5.10 Å². The maximum absolute atomic E-state index is 6.15. The summed E-state index contributed by atoms with van der Waals surface area (Å²) in [6.45, 7) is 0. The van der Waals surface area contributed by atoms with Gasteiger partial charge in [0.05, 0.1) is 5.52 Å². The molecule has 2 aromatic rings. The van der Waals surface area contributed by atoms with Gasteiger partial charge in [0.1, 0.15) is 5.15 Å². The van der Waals surface area contributed by atoms with Crippen molar-refractivity contribution in [3.05, 3.63) is 28.9 Å². The molecule has 1 aliphatic rings. The zero-order chi connectivity index (χ0) is 10.6. The van der Waals surface area contributed by atoms with Gasteiger partial charge in [0.15, 0.2) is 0 Å². The Morgan fingerprint density at radius 2 is 2.20 bits per heavy atom. The normalized spacial score (nSPS) is 18.3. The lowest BCUT2D eigenvalue weighted by molar-refractivity contribution is 0.741. The van der Waals surface area contributed by atoms with Crippen molar-refractivity contribution in [1.82, 2.24) is 9.78 Å². The van der Waals surface area contributed by atoms with Crippen molar-refractivity contribution in [1.29, 1.82) is 0 Å². The van der Waals surface area contributed by atoms with Gasteiger partial charge < -0.3 is 5.73 Å². The second-order valence-corrected chi connectivity index (χ2v) is 4.66. The summed E-state index contributed by atoms with van der Waals surface area (Å²) >= 11 is 6.14. The van der Waals surface area contributed by atoms with Crippen LogP contribution in [-0.2, 0) is 12.6 Å². The van der Waals surface area contributed by atoms with E-state index in [4.69, 9.17) is 17.3 Å². The number of hydrogen-bond acceptors (Lipinski definition) is 2. The molecule has 1 heterocycles. The minimum atomic E-state index is -0.104. The summed E-state index contributed by atoms with van der Waals surface area (Å²) in [6.07, 6.45) is 2.13. The molecule has 4 heteroatoms. The van der Waals surface area contributed by atoms with Crippen LogP contribution in [-0.4, -0.2) is 9.78 Å². The Bertz CT molecular complexity index is 540. The second kappa shape index (κ2) is 2.74. The standard InChI is InChI=1S/C11H12ClN3/c1-15-10(12)8-6-7(11(13)4-5-11)2-3-9(8)14-15/h2-3,6H,4-5,13H2,1H3. The van der Waals surface area contributed by atoms with Gasteiger partial charge in [-0.25, -0.2) is 0 Å². The molecule has 15 heavy (non-hydrogen) atoms. The highest BCUT2D eigenvalue weighted by atomic mass is 35.5. The van der Waals surface area contributed by atoms with Crippen LogP contribution in [0.25, 0.3) is 10.9 Å². The van der Waals surface area contributed by atoms with Crippen LogP contribution in [0.5, 0.6) is 0 Å². The molecule has 1 saturated carbocycles. The number of hydrogen-bond donors (Lipinski definition) is 1. The SMILES string of the molecule is Cn1nc2ccc(C3(N)CC3)cc2c1Cl. The molecule has 0 spiro atoms. The lowest BCUT2D eigenvalue weighted by Gasteiger charge is -2.08. The van der Waals surface area contributed by atoms with Crippen molar-refractivity contribution >= 4 is 22.5 Å². The minimum absolute atomic E-state index is 0.104. The number of nitrogens with two attached hydrogens (primary N) is 1. The van der Waals surface area contributed by atoms with E-state index >= 15 is 0 Å². The number of fused-ring (bicyclic) bond motifs is 1. The Kier molecular flexibility index (Phi) is 1.68. The van der Waals surface area contributed by atoms with Gasteiger partial charge in [0.2, 0.25) is 0 Å². The molecule has 1 fully saturated rings. The molecule has 0 bridgehead atoms. The third-order valence-corrected chi connectivity index (χ3v) is 3.57. The minimum Gasteiger partial charge on any atom is -0.321 e. The molecule has 0 radical (unpaired) electrons. The Labute approximate surface area is 92.8 Å². The van der Waals surface area contributed by atoms with Crippen molar-refractivity contribution in [2.75, 3.05) is 0 Å². The van der Waals surface area contributed by atoms with Crippen LogP contribution in [0.4, 0.5) is 0 Å². The molecular formula is C11H12ClN3. The van der Waals surface area contributed by atoms with E-state index in [1.165, 1.54) is 5.56 Å². The number of aromatic nitrogens is 2. The fraction of sp³-hybridized carbons (Fsp3) is 0.364. The summed E-state index contributed by atoms with van der Waals surface area (Å²) in [4.78, 5) is 0. The monoisotopic (exact) mass is 221 g/mol. The second-order valence-electron chi connectivity index (χ2n) is 4.30. The zero-order valence-electron chi connectivity index (χ0n) is 8.50. The first-order valence-electron chi connectivity index (χ1n) is 5.02. The van der Waals surface area contributed by atoms with Crippen molar-refractivity contribution in [3.8, 4) is 0 Å². The lowest BCUT2D eigenvalue weighted by atomic mass is 10.0. The summed E-state index contributed by atoms with van der Waals surface area (Å²) in [6, 6.07) is 6.11. The molecule has 0 amide bonds. The van der Waals surface area contributed by atoms with Gasteiger partial charge in [-0.15, -0.1) is 0 Å². The van der Waals surface area contributed by atoms with Gasteiger partial charge in [-0.1, -0.05) is 17.7 Å². The fourth-order valence-electron chi connectivity index (χ4n) is 1.90. The van der Waals surface area contributed by atoms with E-state index in [1.807, 2.05) is 13.1 Å². The molecule has 1 aromatic heterocycles. The van der Waals surface area contributed by atoms with Crippen LogP contribution in [0.15, 0.2) is 18.2 Å². The first kappa shape index (κ1) is 9.19. The quantitative estimate of drug-likeness (QED) is 0.802. The Hall–Kier alpha value is -1.06. The lowest BCUT2D eigenvalue weighted by Crippen LogP contribution is -2.18. The van der Waals surface area contributed by atoms with Gasteiger partial charge in [0.25, 0.3) is 0 Å². The third-order valence-electron chi connectivity index (χ3n) is 3.12. The number of nitrogens with zero attached hydrogens (tertiary/aromatic N) is 2. The van der Waals surface area contributed by atoms with Crippen LogP contribution in [0.1, 0.15) is 18.4 Å². The number of aryl methyl sites for hydroxylation is 1. The van der Waals surface area contributed by atoms with Gasteiger partial charge >= 0.3 is 0 Å². The predicted octanol–water partition coefficient (Wildman–Crippen LogP) is 2.17. The highest BCUT2D eigenvalue weighted by Gasteiger charge is 2.40. The zero-order valence-corrected chi connectivity index (χ0v) is 9.25. The average Bonchev–Trinajstić information content (AvgIpc) is 2.90. The molecule has 3 nitrogen and oxygen atoms in total. The van der Waals surface area contributed by atoms with Crippen molar-refractivity contribution in [2.24, 2.45) is 12.8 Å². The maximum atomic E-state index is 6.15. The molecule has 1 aliphatic carbocycles. The summed E-state index contributed by atoms with van der Waals surface area (Å²) < 4.78 is 1.69. The van der Waals surface area contributed by atoms with E-state index in [0.717, 1.165) is 23.7 Å². The number of halogens is 1. The smallest absolute Gasteiger partial charge is 0.134 e. The van der Waals surface area contributed by atoms with E-state index in [-0.39, 0.29) is 5.54 Å². The molecule has 0 unspecified atom stereocenters. The van der Waals surface area contributed by atoms with E-state index < -0.39 is 0 Å². The topological polar surface area (TPSA) is 43.8 Å². The summed E-state index contributed by atoms with van der Waals surface area (Å²) in [5.41, 5.74) is 8.14.